The van der Waals surface area contributed by atoms with Crippen molar-refractivity contribution in [1.82, 2.24) is 20.3 Å². The van der Waals surface area contributed by atoms with Gasteiger partial charge in [0.05, 0.1) is 24.0 Å². The number of anilines is 1. The first kappa shape index (κ1) is 26.1. The summed E-state index contributed by atoms with van der Waals surface area (Å²) in [5.74, 6) is -2.55. The van der Waals surface area contributed by atoms with E-state index in [2.05, 4.69) is 20.3 Å². The number of aromatic amines is 2. The largest absolute Gasteiger partial charge is 1.00 e. The number of nitrogens with zero attached hydrogens (tertiary/aromatic N) is 1. The van der Waals surface area contributed by atoms with Gasteiger partial charge in [-0.1, -0.05) is 12.1 Å². The number of ether oxygens (including phenoxy) is 1. The fraction of sp³-hybridized carbons (Fsp3) is 0.286. The van der Waals surface area contributed by atoms with Crippen molar-refractivity contribution in [2.45, 2.75) is 32.2 Å². The first-order valence-electron chi connectivity index (χ1n) is 9.84. The van der Waals surface area contributed by atoms with Gasteiger partial charge < -0.3 is 30.7 Å². The minimum atomic E-state index is -1.47. The quantitative estimate of drug-likeness (QED) is 0.185. The fourth-order valence-electron chi connectivity index (χ4n) is 3.23. The van der Waals surface area contributed by atoms with Crippen LogP contribution in [0.4, 0.5) is 5.95 Å². The van der Waals surface area contributed by atoms with Crippen molar-refractivity contribution >= 4 is 34.8 Å². The van der Waals surface area contributed by atoms with E-state index in [4.69, 9.17) is 10.5 Å². The maximum atomic E-state index is 12.4. The zero-order chi connectivity index (χ0) is 23.3. The summed E-state index contributed by atoms with van der Waals surface area (Å²) in [5, 5.41) is 14.0. The number of amides is 1. The van der Waals surface area contributed by atoms with E-state index in [1.165, 1.54) is 6.92 Å². The molecule has 5 N–H and O–H groups in total. The number of aromatic nitrogens is 3. The average molecular weight is 463 g/mol. The monoisotopic (exact) mass is 463 g/mol. The first-order chi connectivity index (χ1) is 15.2. The van der Waals surface area contributed by atoms with Crippen LogP contribution in [0, 0.1) is 0 Å². The summed E-state index contributed by atoms with van der Waals surface area (Å²) in [7, 11) is 0. The van der Waals surface area contributed by atoms with Gasteiger partial charge in [-0.05, 0) is 36.1 Å². The zero-order valence-corrected chi connectivity index (χ0v) is 20.3. The molecular weight excluding hydrogens is 441 g/mol. The summed E-state index contributed by atoms with van der Waals surface area (Å²) in [6.07, 6.45) is 2.77. The number of carbonyl (C=O) groups excluding carboxylic acids is 3. The molecule has 2 heterocycles. The number of carbonyl (C=O) groups is 3. The molecule has 0 aliphatic carbocycles. The molecule has 168 valence electrons. The molecular formula is C21H22N5NaO6. The van der Waals surface area contributed by atoms with Crippen molar-refractivity contribution < 1.29 is 53.8 Å². The molecule has 0 spiro atoms. The van der Waals surface area contributed by atoms with Crippen molar-refractivity contribution in [3.63, 3.8) is 0 Å². The molecule has 0 aliphatic rings. The maximum absolute atomic E-state index is 12.4. The number of hydrogen-bond acceptors (Lipinski definition) is 8. The van der Waals surface area contributed by atoms with E-state index in [-0.39, 0.29) is 59.7 Å². The molecule has 2 aromatic heterocycles. The van der Waals surface area contributed by atoms with Crippen molar-refractivity contribution in [1.29, 1.82) is 0 Å². The molecule has 1 atom stereocenters. The number of nitrogen functional groups attached to an aromatic ring is 1. The van der Waals surface area contributed by atoms with Crippen LogP contribution in [0.1, 0.15) is 34.8 Å². The van der Waals surface area contributed by atoms with Crippen molar-refractivity contribution in [2.24, 2.45) is 0 Å². The fourth-order valence-corrected chi connectivity index (χ4v) is 3.23. The van der Waals surface area contributed by atoms with Gasteiger partial charge in [0.15, 0.2) is 0 Å². The van der Waals surface area contributed by atoms with E-state index < -0.39 is 23.9 Å². The van der Waals surface area contributed by atoms with Crippen molar-refractivity contribution in [3.05, 3.63) is 57.5 Å². The molecule has 1 amide bonds. The Labute approximate surface area is 210 Å². The molecule has 0 saturated heterocycles. The Morgan fingerprint density at radius 1 is 1.21 bits per heavy atom. The summed E-state index contributed by atoms with van der Waals surface area (Å²) >= 11 is 0. The normalized spacial score (nSPS) is 11.4. The number of H-pyrrole nitrogens is 2. The number of carboxylic acids is 1. The third kappa shape index (κ3) is 6.91. The molecule has 0 aliphatic heterocycles. The summed E-state index contributed by atoms with van der Waals surface area (Å²) in [6, 6.07) is 5.36. The van der Waals surface area contributed by atoms with Crippen molar-refractivity contribution in [2.75, 3.05) is 12.3 Å². The molecule has 3 aromatic rings. The number of rotatable bonds is 9. The smallest absolute Gasteiger partial charge is 0.548 e. The van der Waals surface area contributed by atoms with Crippen LogP contribution in [0.15, 0.2) is 35.3 Å². The molecule has 33 heavy (non-hydrogen) atoms. The number of nitrogens with two attached hydrogens (primary N) is 1. The van der Waals surface area contributed by atoms with Crippen LogP contribution >= 0.6 is 0 Å². The van der Waals surface area contributed by atoms with Gasteiger partial charge in [0.1, 0.15) is 5.65 Å². The Balaban J connectivity index is 0.00000385. The molecule has 12 heteroatoms. The van der Waals surface area contributed by atoms with E-state index in [1.54, 1.807) is 30.5 Å². The second-order valence-corrected chi connectivity index (χ2v) is 7.16. The van der Waals surface area contributed by atoms with Gasteiger partial charge in [-0.3, -0.25) is 19.4 Å². The van der Waals surface area contributed by atoms with Gasteiger partial charge in [-0.2, -0.15) is 4.98 Å². The third-order valence-corrected chi connectivity index (χ3v) is 4.84. The Morgan fingerprint density at radius 3 is 2.55 bits per heavy atom. The van der Waals surface area contributed by atoms with E-state index >= 15 is 0 Å². The number of aliphatic carboxylic acids is 1. The molecule has 1 aromatic carbocycles. The van der Waals surface area contributed by atoms with E-state index in [9.17, 15) is 24.3 Å². The average Bonchev–Trinajstić information content (AvgIpc) is 3.14. The Morgan fingerprint density at radius 2 is 1.91 bits per heavy atom. The number of benzene rings is 1. The number of hydrogen-bond donors (Lipinski definition) is 4. The number of carboxylic acid groups (broad SMARTS) is 1. The second kappa shape index (κ2) is 11.6. The number of fused-ring (bicyclic) bond motifs is 1. The standard InChI is InChI=1S/C21H23N5O6.Na/c1-11(27)32-9-8-15(20(30)31)24-18(28)13-5-2-12(3-6-13)4-7-14-10-23-17-16(14)19(29)26-21(22)25-17;/h2-3,5-6,10,15H,4,7-9H2,1H3,(H,24,28)(H,30,31)(H4,22,23,25,26,29);/q;+1/p-1/t15-;/m0./s1. The Hall–Kier alpha value is -3.15. The van der Waals surface area contributed by atoms with Gasteiger partial charge in [0, 0.05) is 25.1 Å². The van der Waals surface area contributed by atoms with Crippen LogP contribution in [-0.4, -0.2) is 45.4 Å². The maximum Gasteiger partial charge on any atom is 1.00 e. The molecule has 3 rings (SSSR count). The Bertz CT molecular complexity index is 1200. The predicted molar refractivity (Wildman–Crippen MR) is 112 cm³/mol. The molecule has 0 unspecified atom stereocenters. The topological polar surface area (TPSA) is 183 Å². The third-order valence-electron chi connectivity index (χ3n) is 4.84. The van der Waals surface area contributed by atoms with Crippen LogP contribution in [0.5, 0.6) is 0 Å². The molecule has 0 saturated carbocycles. The number of esters is 1. The van der Waals surface area contributed by atoms with E-state index in [1.807, 2.05) is 0 Å². The minimum absolute atomic E-state index is 0. The summed E-state index contributed by atoms with van der Waals surface area (Å²) in [6.45, 7) is 1.06. The summed E-state index contributed by atoms with van der Waals surface area (Å²) < 4.78 is 4.71. The molecule has 11 nitrogen and oxygen atoms in total. The van der Waals surface area contributed by atoms with Gasteiger partial charge in [-0.25, -0.2) is 0 Å². The Kier molecular flexibility index (Phi) is 9.21. The predicted octanol–water partition coefficient (Wildman–Crippen LogP) is -3.58. The van der Waals surface area contributed by atoms with Gasteiger partial charge in [0.25, 0.3) is 11.5 Å². The van der Waals surface area contributed by atoms with Crippen LogP contribution in [-0.2, 0) is 27.2 Å². The molecule has 0 bridgehead atoms. The van der Waals surface area contributed by atoms with Crippen LogP contribution < -0.4 is 51.3 Å². The van der Waals surface area contributed by atoms with Gasteiger partial charge in [0.2, 0.25) is 5.95 Å². The van der Waals surface area contributed by atoms with Crippen molar-refractivity contribution in [3.8, 4) is 0 Å². The van der Waals surface area contributed by atoms with Crippen LogP contribution in [0.3, 0.4) is 0 Å². The molecule has 0 fully saturated rings. The first-order valence-corrected chi connectivity index (χ1v) is 9.84. The SMILES string of the molecule is CC(=O)OCC[C@H](NC(=O)c1ccc(CCc2c[nH]c3nc(N)[nH]c(=O)c23)cc1)C(=O)[O-].[Na+]. The summed E-state index contributed by atoms with van der Waals surface area (Å²) in [4.78, 5) is 56.0. The minimum Gasteiger partial charge on any atom is -0.548 e. The summed E-state index contributed by atoms with van der Waals surface area (Å²) in [5.41, 5.74) is 7.64. The number of aryl methyl sites for hydroxylation is 2. The molecule has 0 radical (unpaired) electrons. The van der Waals surface area contributed by atoms with Gasteiger partial charge >= 0.3 is 35.5 Å². The zero-order valence-electron chi connectivity index (χ0n) is 18.3. The van der Waals surface area contributed by atoms with Crippen LogP contribution in [0.25, 0.3) is 11.0 Å². The number of nitrogens with one attached hydrogen (secondary N) is 3. The van der Waals surface area contributed by atoms with E-state index in [0.29, 0.717) is 23.9 Å². The van der Waals surface area contributed by atoms with Crippen LogP contribution in [0.2, 0.25) is 0 Å². The second-order valence-electron chi connectivity index (χ2n) is 7.16. The van der Waals surface area contributed by atoms with E-state index in [0.717, 1.165) is 11.1 Å². The van der Waals surface area contributed by atoms with Gasteiger partial charge in [-0.15, -0.1) is 0 Å².